The van der Waals surface area contributed by atoms with Gasteiger partial charge in [0.1, 0.15) is 0 Å². The van der Waals surface area contributed by atoms with Crippen LogP contribution in [0, 0.1) is 34.0 Å². The monoisotopic (exact) mass is 386 g/mol. The Morgan fingerprint density at radius 2 is 1.43 bits per heavy atom. The number of aliphatic hydroxyl groups is 2. The van der Waals surface area contributed by atoms with E-state index in [0.717, 1.165) is 25.2 Å². The van der Waals surface area contributed by atoms with Crippen molar-refractivity contribution >= 4 is 15.9 Å². The van der Waals surface area contributed by atoms with Crippen molar-refractivity contribution in [3.8, 4) is 0 Å². The van der Waals surface area contributed by atoms with Crippen molar-refractivity contribution in [1.82, 2.24) is 0 Å². The molecule has 3 fully saturated rings. The molecule has 3 heteroatoms. The van der Waals surface area contributed by atoms with E-state index in [4.69, 9.17) is 0 Å². The number of alkyl halides is 1. The molecular formula is C20H35BrO2. The van der Waals surface area contributed by atoms with Gasteiger partial charge in [-0.3, -0.25) is 0 Å². The summed E-state index contributed by atoms with van der Waals surface area (Å²) in [6, 6.07) is 0. The van der Waals surface area contributed by atoms with E-state index in [1.54, 1.807) is 0 Å². The zero-order valence-electron chi connectivity index (χ0n) is 15.5. The van der Waals surface area contributed by atoms with Crippen molar-refractivity contribution < 1.29 is 10.2 Å². The van der Waals surface area contributed by atoms with Crippen molar-refractivity contribution in [1.29, 1.82) is 0 Å². The average Bonchev–Trinajstić information content (AvgIpc) is 2.42. The molecule has 0 aromatic carbocycles. The van der Waals surface area contributed by atoms with E-state index in [-0.39, 0.29) is 17.9 Å². The standard InChI is InChI=1S/C20H35BrO2/c1-17(2)13-6-9-19(4)14(18(13,3)10-8-16(17)21)7-11-20(5,23)15(19)12-22/h13-16,22-23H,6-12H2,1-5H3/t13-,14-,15-,16-,18-,19+,20-/m1/s1. The Kier molecular flexibility index (Phi) is 4.31. The maximum atomic E-state index is 10.9. The highest BCUT2D eigenvalue weighted by atomic mass is 79.9. The first-order valence-corrected chi connectivity index (χ1v) is 10.4. The van der Waals surface area contributed by atoms with Crippen molar-refractivity contribution in [2.24, 2.45) is 34.0 Å². The first kappa shape index (κ1) is 18.2. The highest BCUT2D eigenvalue weighted by molar-refractivity contribution is 9.09. The second kappa shape index (κ2) is 5.45. The maximum Gasteiger partial charge on any atom is 0.0675 e. The summed E-state index contributed by atoms with van der Waals surface area (Å²) in [6.07, 6.45) is 6.83. The smallest absolute Gasteiger partial charge is 0.0675 e. The lowest BCUT2D eigenvalue weighted by atomic mass is 9.38. The maximum absolute atomic E-state index is 10.9. The zero-order chi connectivity index (χ0) is 17.3. The molecular weight excluding hydrogens is 352 g/mol. The van der Waals surface area contributed by atoms with Gasteiger partial charge in [0.2, 0.25) is 0 Å². The van der Waals surface area contributed by atoms with Crippen LogP contribution >= 0.6 is 15.9 Å². The molecule has 23 heavy (non-hydrogen) atoms. The Morgan fingerprint density at radius 3 is 2.04 bits per heavy atom. The highest BCUT2D eigenvalue weighted by Gasteiger charge is 2.64. The number of hydrogen-bond donors (Lipinski definition) is 2. The van der Waals surface area contributed by atoms with Crippen LogP contribution < -0.4 is 0 Å². The van der Waals surface area contributed by atoms with E-state index in [2.05, 4.69) is 43.6 Å². The molecule has 7 atom stereocenters. The summed E-state index contributed by atoms with van der Waals surface area (Å²) in [6.45, 7) is 11.8. The number of hydrogen-bond acceptors (Lipinski definition) is 2. The van der Waals surface area contributed by atoms with E-state index in [9.17, 15) is 10.2 Å². The zero-order valence-corrected chi connectivity index (χ0v) is 17.1. The summed E-state index contributed by atoms with van der Waals surface area (Å²) in [7, 11) is 0. The molecule has 134 valence electrons. The first-order chi connectivity index (χ1) is 10.5. The summed E-state index contributed by atoms with van der Waals surface area (Å²) >= 11 is 3.96. The van der Waals surface area contributed by atoms with Crippen molar-refractivity contribution in [2.45, 2.75) is 83.6 Å². The van der Waals surface area contributed by atoms with Crippen LogP contribution in [0.25, 0.3) is 0 Å². The van der Waals surface area contributed by atoms with Gasteiger partial charge in [0.25, 0.3) is 0 Å². The van der Waals surface area contributed by atoms with Gasteiger partial charge in [0.05, 0.1) is 5.60 Å². The summed E-state index contributed by atoms with van der Waals surface area (Å²) in [4.78, 5) is 0.609. The average molecular weight is 387 g/mol. The van der Waals surface area contributed by atoms with Crippen LogP contribution in [0.1, 0.15) is 73.1 Å². The molecule has 0 radical (unpaired) electrons. The van der Waals surface area contributed by atoms with Crippen LogP contribution in [0.15, 0.2) is 0 Å². The predicted molar refractivity (Wildman–Crippen MR) is 98.6 cm³/mol. The molecule has 0 amide bonds. The van der Waals surface area contributed by atoms with E-state index in [1.807, 2.05) is 6.92 Å². The Morgan fingerprint density at radius 1 is 0.870 bits per heavy atom. The molecule has 0 unspecified atom stereocenters. The second-order valence-electron chi connectivity index (χ2n) is 10.1. The molecule has 2 N–H and O–H groups in total. The normalized spacial score (nSPS) is 55.8. The Hall–Kier alpha value is 0.400. The van der Waals surface area contributed by atoms with Crippen LogP contribution in [0.3, 0.4) is 0 Å². The number of fused-ring (bicyclic) bond motifs is 3. The largest absolute Gasteiger partial charge is 0.396 e. The van der Waals surface area contributed by atoms with E-state index in [0.29, 0.717) is 21.6 Å². The van der Waals surface area contributed by atoms with Gasteiger partial charge in [-0.15, -0.1) is 0 Å². The summed E-state index contributed by atoms with van der Waals surface area (Å²) in [5, 5.41) is 21.0. The second-order valence-corrected chi connectivity index (χ2v) is 11.2. The van der Waals surface area contributed by atoms with Gasteiger partial charge in [-0.25, -0.2) is 0 Å². The fourth-order valence-corrected chi connectivity index (χ4v) is 7.90. The number of halogens is 1. The molecule has 2 nitrogen and oxygen atoms in total. The SMILES string of the molecule is CC1(C)[C@H](Br)CC[C@@]2(C)[C@H]3CC[C@@](C)(O)[C@H](CO)[C@@]3(C)CC[C@H]12. The number of rotatable bonds is 1. The Bertz CT molecular complexity index is 474. The van der Waals surface area contributed by atoms with Crippen molar-refractivity contribution in [2.75, 3.05) is 6.61 Å². The van der Waals surface area contributed by atoms with Crippen LogP contribution in [0.2, 0.25) is 0 Å². The number of aliphatic hydroxyl groups excluding tert-OH is 1. The van der Waals surface area contributed by atoms with Gasteiger partial charge in [0.15, 0.2) is 0 Å². The van der Waals surface area contributed by atoms with Crippen LogP contribution in [0.5, 0.6) is 0 Å². The molecule has 0 saturated heterocycles. The van der Waals surface area contributed by atoms with Crippen LogP contribution in [-0.2, 0) is 0 Å². The molecule has 3 saturated carbocycles. The minimum absolute atomic E-state index is 0.0105. The Labute approximate surface area is 150 Å². The molecule has 0 aromatic heterocycles. The third kappa shape index (κ3) is 2.39. The lowest BCUT2D eigenvalue weighted by molar-refractivity contribution is -0.215. The molecule has 3 rings (SSSR count). The quantitative estimate of drug-likeness (QED) is 0.637. The van der Waals surface area contributed by atoms with Gasteiger partial charge in [0, 0.05) is 17.4 Å². The summed E-state index contributed by atoms with van der Waals surface area (Å²) in [5.41, 5.74) is 0.00994. The minimum Gasteiger partial charge on any atom is -0.396 e. The van der Waals surface area contributed by atoms with Gasteiger partial charge in [-0.2, -0.15) is 0 Å². The topological polar surface area (TPSA) is 40.5 Å². The molecule has 0 aromatic rings. The molecule has 3 aliphatic carbocycles. The predicted octanol–water partition coefficient (Wildman–Crippen LogP) is 4.76. The van der Waals surface area contributed by atoms with Gasteiger partial charge in [-0.05, 0) is 73.5 Å². The molecule has 0 spiro atoms. The van der Waals surface area contributed by atoms with Crippen molar-refractivity contribution in [3.63, 3.8) is 0 Å². The van der Waals surface area contributed by atoms with Crippen LogP contribution in [0.4, 0.5) is 0 Å². The van der Waals surface area contributed by atoms with E-state index < -0.39 is 5.60 Å². The summed E-state index contributed by atoms with van der Waals surface area (Å²) in [5.74, 6) is 1.36. The van der Waals surface area contributed by atoms with E-state index >= 15 is 0 Å². The van der Waals surface area contributed by atoms with Crippen LogP contribution in [-0.4, -0.2) is 27.2 Å². The lowest BCUT2D eigenvalue weighted by Gasteiger charge is -2.68. The molecule has 0 heterocycles. The summed E-state index contributed by atoms with van der Waals surface area (Å²) < 4.78 is 0. The lowest BCUT2D eigenvalue weighted by Crippen LogP contribution is -2.64. The third-order valence-electron chi connectivity index (χ3n) is 8.67. The van der Waals surface area contributed by atoms with Crippen molar-refractivity contribution in [3.05, 3.63) is 0 Å². The minimum atomic E-state index is -0.717. The molecule has 0 aliphatic heterocycles. The highest BCUT2D eigenvalue weighted by Crippen LogP contribution is 2.70. The third-order valence-corrected chi connectivity index (χ3v) is 10.3. The first-order valence-electron chi connectivity index (χ1n) is 9.47. The molecule has 0 bridgehead atoms. The van der Waals surface area contributed by atoms with E-state index in [1.165, 1.54) is 19.3 Å². The van der Waals surface area contributed by atoms with Gasteiger partial charge in [-0.1, -0.05) is 43.6 Å². The van der Waals surface area contributed by atoms with Gasteiger partial charge < -0.3 is 10.2 Å². The fraction of sp³-hybridized carbons (Fsp3) is 1.00. The fourth-order valence-electron chi connectivity index (χ4n) is 7.36. The Balaban J connectivity index is 2.01. The van der Waals surface area contributed by atoms with Gasteiger partial charge >= 0.3 is 0 Å². The molecule has 3 aliphatic rings.